The highest BCUT2D eigenvalue weighted by atomic mass is 16.5. The normalized spacial score (nSPS) is 12.3. The number of carbonyl (C=O) groups is 1. The van der Waals surface area contributed by atoms with Crippen LogP contribution >= 0.6 is 0 Å². The summed E-state index contributed by atoms with van der Waals surface area (Å²) in [5.41, 5.74) is 4.83. The highest BCUT2D eigenvalue weighted by Crippen LogP contribution is 2.43. The molecule has 3 aromatic rings. The summed E-state index contributed by atoms with van der Waals surface area (Å²) >= 11 is 0. The Morgan fingerprint density at radius 2 is 1.61 bits per heavy atom. The van der Waals surface area contributed by atoms with Gasteiger partial charge in [-0.15, -0.1) is 0 Å². The zero-order valence-electron chi connectivity index (χ0n) is 18.2. The smallest absolute Gasteiger partial charge is 0.327 e. The van der Waals surface area contributed by atoms with Gasteiger partial charge in [-0.25, -0.2) is 4.79 Å². The second-order valence-electron chi connectivity index (χ2n) is 7.01. The number of hydrogen-bond donors (Lipinski definition) is 3. The van der Waals surface area contributed by atoms with E-state index in [1.54, 1.807) is 30.3 Å². The number of methoxy groups -OCH3 is 3. The first-order chi connectivity index (χ1) is 15.9. The van der Waals surface area contributed by atoms with Crippen LogP contribution in [0.2, 0.25) is 0 Å². The summed E-state index contributed by atoms with van der Waals surface area (Å²) in [7, 11) is 4.25. The van der Waals surface area contributed by atoms with Crippen molar-refractivity contribution < 1.29 is 19.0 Å². The van der Waals surface area contributed by atoms with Crippen LogP contribution in [0.25, 0.3) is 0 Å². The van der Waals surface area contributed by atoms with Crippen LogP contribution in [-0.4, -0.2) is 37.1 Å². The molecule has 3 rings (SSSR count). The number of aromatic nitrogens is 2. The number of ketones is 1. The maximum Gasteiger partial charge on any atom is 0.327 e. The number of anilines is 1. The van der Waals surface area contributed by atoms with Gasteiger partial charge in [-0.3, -0.25) is 19.6 Å². The number of benzene rings is 2. The number of aromatic amines is 2. The van der Waals surface area contributed by atoms with Crippen molar-refractivity contribution in [2.45, 2.75) is 5.92 Å². The van der Waals surface area contributed by atoms with Crippen LogP contribution < -0.4 is 31.2 Å². The summed E-state index contributed by atoms with van der Waals surface area (Å²) in [5, 5.41) is 10.1. The third-order valence-electron chi connectivity index (χ3n) is 5.18. The van der Waals surface area contributed by atoms with E-state index in [4.69, 9.17) is 19.9 Å². The van der Waals surface area contributed by atoms with Gasteiger partial charge in [0.1, 0.15) is 11.7 Å². The first-order valence-corrected chi connectivity index (χ1v) is 9.77. The van der Waals surface area contributed by atoms with Crippen molar-refractivity contribution >= 4 is 11.6 Å². The molecule has 2 aromatic carbocycles. The summed E-state index contributed by atoms with van der Waals surface area (Å²) in [6.07, 6.45) is 0. The molecule has 33 heavy (non-hydrogen) atoms. The van der Waals surface area contributed by atoms with Crippen molar-refractivity contribution in [1.82, 2.24) is 9.97 Å². The van der Waals surface area contributed by atoms with Gasteiger partial charge in [0.05, 0.1) is 33.0 Å². The van der Waals surface area contributed by atoms with Crippen LogP contribution in [-0.2, 0) is 0 Å². The predicted molar refractivity (Wildman–Crippen MR) is 120 cm³/mol. The number of nitrogen functional groups attached to an aromatic ring is 1. The zero-order chi connectivity index (χ0) is 24.1. The fourth-order valence-electron chi connectivity index (χ4n) is 3.70. The Balaban J connectivity index is 2.34. The van der Waals surface area contributed by atoms with E-state index in [9.17, 15) is 19.6 Å². The van der Waals surface area contributed by atoms with Gasteiger partial charge >= 0.3 is 5.69 Å². The largest absolute Gasteiger partial charge is 0.493 e. The second-order valence-corrected chi connectivity index (χ2v) is 7.01. The molecule has 1 aromatic heterocycles. The molecule has 2 unspecified atom stereocenters. The van der Waals surface area contributed by atoms with Crippen LogP contribution in [0.15, 0.2) is 52.1 Å². The lowest BCUT2D eigenvalue weighted by molar-refractivity contribution is 0.0940. The average Bonchev–Trinajstić information content (AvgIpc) is 2.82. The molecule has 0 aliphatic heterocycles. The van der Waals surface area contributed by atoms with E-state index in [-0.39, 0.29) is 34.2 Å². The summed E-state index contributed by atoms with van der Waals surface area (Å²) in [4.78, 5) is 42.3. The minimum absolute atomic E-state index is 0.139. The van der Waals surface area contributed by atoms with Crippen LogP contribution in [0.3, 0.4) is 0 Å². The molecule has 0 spiro atoms. The molecule has 10 nitrogen and oxygen atoms in total. The number of H-pyrrole nitrogens is 2. The topological polar surface area (TPSA) is 160 Å². The fraction of sp³-hybridized carbons (Fsp3) is 0.217. The third-order valence-corrected chi connectivity index (χ3v) is 5.18. The number of hydrogen-bond acceptors (Lipinski definition) is 8. The Morgan fingerprint density at radius 3 is 2.09 bits per heavy atom. The Morgan fingerprint density at radius 1 is 1.00 bits per heavy atom. The van der Waals surface area contributed by atoms with Gasteiger partial charge in [-0.05, 0) is 17.7 Å². The van der Waals surface area contributed by atoms with Crippen LogP contribution in [0.5, 0.6) is 17.2 Å². The lowest BCUT2D eigenvalue weighted by Crippen LogP contribution is -2.33. The standard InChI is InChI=1S/C23H22N4O6/c1-31-15-9-13(10-16(32-2)20(15)33-3)17(18-21(25)26-23(30)27-22(18)29)14(11-24)19(28)12-7-5-4-6-8-12/h4-10,14,17H,1-3H3,(H4,25,26,27,29,30). The first kappa shape index (κ1) is 23.1. The molecule has 0 fully saturated rings. The third kappa shape index (κ3) is 4.43. The van der Waals surface area contributed by atoms with Crippen molar-refractivity contribution in [2.24, 2.45) is 5.92 Å². The molecule has 0 bridgehead atoms. The van der Waals surface area contributed by atoms with E-state index in [0.717, 1.165) is 0 Å². The number of nitrogens with one attached hydrogen (secondary N) is 2. The van der Waals surface area contributed by atoms with Crippen LogP contribution in [0, 0.1) is 17.2 Å². The molecule has 1 heterocycles. The Hall–Kier alpha value is -4.52. The monoisotopic (exact) mass is 450 g/mol. The van der Waals surface area contributed by atoms with E-state index in [1.165, 1.54) is 33.5 Å². The second kappa shape index (κ2) is 9.74. The number of nitriles is 1. The van der Waals surface area contributed by atoms with Gasteiger partial charge in [0.15, 0.2) is 17.3 Å². The van der Waals surface area contributed by atoms with Crippen molar-refractivity contribution in [3.63, 3.8) is 0 Å². The maximum atomic E-state index is 13.4. The Labute approximate surface area is 188 Å². The van der Waals surface area contributed by atoms with E-state index < -0.39 is 28.9 Å². The average molecular weight is 450 g/mol. The molecular weight excluding hydrogens is 428 g/mol. The molecule has 170 valence electrons. The molecule has 4 N–H and O–H groups in total. The molecule has 0 aliphatic rings. The molecule has 2 atom stereocenters. The van der Waals surface area contributed by atoms with E-state index in [2.05, 4.69) is 9.97 Å². The van der Waals surface area contributed by atoms with Crippen molar-refractivity contribution in [3.05, 3.63) is 80.0 Å². The van der Waals surface area contributed by atoms with Crippen molar-refractivity contribution in [1.29, 1.82) is 5.26 Å². The first-order valence-electron chi connectivity index (χ1n) is 9.77. The van der Waals surface area contributed by atoms with Crippen molar-refractivity contribution in [2.75, 3.05) is 27.1 Å². The number of ether oxygens (including phenoxy) is 3. The summed E-state index contributed by atoms with van der Waals surface area (Å²) < 4.78 is 16.1. The van der Waals surface area contributed by atoms with E-state index in [0.29, 0.717) is 5.56 Å². The minimum atomic E-state index is -1.37. The highest BCUT2D eigenvalue weighted by molar-refractivity contribution is 6.00. The van der Waals surface area contributed by atoms with Gasteiger partial charge in [0.2, 0.25) is 5.75 Å². The van der Waals surface area contributed by atoms with Gasteiger partial charge in [-0.2, -0.15) is 5.26 Å². The lowest BCUT2D eigenvalue weighted by atomic mass is 9.78. The van der Waals surface area contributed by atoms with E-state index >= 15 is 0 Å². The molecule has 0 aliphatic carbocycles. The molecular formula is C23H22N4O6. The summed E-state index contributed by atoms with van der Waals surface area (Å²) in [6.45, 7) is 0. The number of nitrogens with zero attached hydrogens (tertiary/aromatic N) is 1. The summed E-state index contributed by atoms with van der Waals surface area (Å²) in [5.74, 6) is -2.54. The quantitative estimate of drug-likeness (QED) is 0.438. The number of nitrogens with two attached hydrogens (primary N) is 1. The number of carbonyl (C=O) groups excluding carboxylic acids is 1. The molecule has 0 saturated heterocycles. The van der Waals surface area contributed by atoms with Gasteiger partial charge in [0.25, 0.3) is 5.56 Å². The van der Waals surface area contributed by atoms with Gasteiger partial charge in [0, 0.05) is 11.5 Å². The molecule has 0 amide bonds. The molecule has 0 radical (unpaired) electrons. The van der Waals surface area contributed by atoms with Crippen molar-refractivity contribution in [3.8, 4) is 23.3 Å². The fourth-order valence-corrected chi connectivity index (χ4v) is 3.70. The molecule has 0 saturated carbocycles. The highest BCUT2D eigenvalue weighted by Gasteiger charge is 2.36. The predicted octanol–water partition coefficient (Wildman–Crippen LogP) is 1.83. The number of Topliss-reactive ketones (excluding diaryl/α,β-unsaturated/α-hetero) is 1. The molecule has 10 heteroatoms. The summed E-state index contributed by atoms with van der Waals surface area (Å²) in [6, 6.07) is 13.3. The Kier molecular flexibility index (Phi) is 6.83. The SMILES string of the molecule is COc1cc(C(c2c(N)[nH]c(=O)[nH]c2=O)C(C#N)C(=O)c2ccccc2)cc(OC)c1OC. The Bertz CT molecular complexity index is 1300. The number of rotatable bonds is 8. The van der Waals surface area contributed by atoms with E-state index in [1.807, 2.05) is 6.07 Å². The van der Waals surface area contributed by atoms with Gasteiger partial charge < -0.3 is 19.9 Å². The van der Waals surface area contributed by atoms with Gasteiger partial charge in [-0.1, -0.05) is 30.3 Å². The van der Waals surface area contributed by atoms with Crippen LogP contribution in [0.4, 0.5) is 5.82 Å². The minimum Gasteiger partial charge on any atom is -0.493 e. The maximum absolute atomic E-state index is 13.4. The zero-order valence-corrected chi connectivity index (χ0v) is 18.2. The lowest BCUT2D eigenvalue weighted by Gasteiger charge is -2.24. The van der Waals surface area contributed by atoms with Crippen LogP contribution in [0.1, 0.15) is 27.4 Å².